The van der Waals surface area contributed by atoms with E-state index in [0.717, 1.165) is 108 Å². The number of ether oxygens (including phenoxy) is 2. The largest absolute Gasteiger partial charge is 0.497 e. The molecule has 78 heavy (non-hydrogen) atoms. The molecule has 3 unspecified atom stereocenters. The molecule has 2 fully saturated rings. The number of Topliss-reactive ketones (excluding diaryl/α,β-unsaturated/α-hetero) is 1. The summed E-state index contributed by atoms with van der Waals surface area (Å²) in [6, 6.07) is 21.1. The first-order valence-electron chi connectivity index (χ1n) is 30.0. The molecule has 6 atom stereocenters. The van der Waals surface area contributed by atoms with Crippen LogP contribution in [0.2, 0.25) is 33.2 Å². The van der Waals surface area contributed by atoms with E-state index in [1.54, 1.807) is 14.2 Å². The Balaban J connectivity index is 0.000000243. The topological polar surface area (TPSA) is 97.9 Å². The molecule has 0 bridgehead atoms. The monoisotopic (exact) mass is 1120 g/mol. The number of aromatic nitrogens is 4. The minimum atomic E-state index is -1.98. The average Bonchev–Trinajstić information content (AvgIpc) is 4.26. The van der Waals surface area contributed by atoms with Gasteiger partial charge >= 0.3 is 0 Å². The molecule has 0 aliphatic carbocycles. The fraction of sp³-hybridized carbons (Fsp3) is 0.585. The number of carbonyl (C=O) groups is 1. The Bertz CT molecular complexity index is 2860. The third-order valence-corrected chi connectivity index (χ3v) is 32.3. The molecule has 2 aromatic carbocycles. The van der Waals surface area contributed by atoms with Gasteiger partial charge in [0.25, 0.3) is 0 Å². The highest BCUT2D eigenvalue weighted by atomic mass is 31.0. The number of aryl methyl sites for hydroxylation is 2. The summed E-state index contributed by atoms with van der Waals surface area (Å²) in [6.45, 7) is 43.2. The quantitative estimate of drug-likeness (QED) is 0.0516. The zero-order valence-corrected chi connectivity index (χ0v) is 54.4. The van der Waals surface area contributed by atoms with E-state index in [1.807, 2.05) is 36.7 Å². The Labute approximate surface area is 477 Å². The highest BCUT2D eigenvalue weighted by molar-refractivity contribution is 7.15. The average molecular weight is 1120 g/mol. The Hall–Kier alpha value is -4.17. The van der Waals surface area contributed by atoms with Crippen LogP contribution in [0.5, 0.6) is 11.5 Å². The normalized spacial score (nSPS) is 19.4. The summed E-state index contributed by atoms with van der Waals surface area (Å²) < 4.78 is 21.9. The minimum absolute atomic E-state index is 0.0167. The van der Waals surface area contributed by atoms with Crippen molar-refractivity contribution in [2.45, 2.75) is 176 Å². The van der Waals surface area contributed by atoms with Crippen LogP contribution < -0.4 is 9.47 Å². The van der Waals surface area contributed by atoms with Gasteiger partial charge in [0, 0.05) is 68.1 Å². The number of pyridine rings is 2. The van der Waals surface area contributed by atoms with Gasteiger partial charge in [-0.15, -0.1) is 9.24 Å². The summed E-state index contributed by atoms with van der Waals surface area (Å²) in [5, 5.41) is 14.2. The first-order valence-corrected chi connectivity index (χ1v) is 34.5. The van der Waals surface area contributed by atoms with Crippen LogP contribution in [0.4, 0.5) is 0 Å². The lowest BCUT2D eigenvalue weighted by molar-refractivity contribution is 0.0156. The minimum Gasteiger partial charge on any atom is -0.497 e. The fourth-order valence-corrected chi connectivity index (χ4v) is 28.2. The van der Waals surface area contributed by atoms with Crippen LogP contribution in [-0.2, 0) is 13.1 Å². The molecule has 0 amide bonds. The summed E-state index contributed by atoms with van der Waals surface area (Å²) >= 11 is 0. The van der Waals surface area contributed by atoms with Crippen molar-refractivity contribution in [2.75, 3.05) is 47.0 Å². The number of ketones is 1. The number of aliphatic hydroxyl groups excluding tert-OH is 1. The van der Waals surface area contributed by atoms with Crippen LogP contribution in [0.25, 0.3) is 22.1 Å². The van der Waals surface area contributed by atoms with Gasteiger partial charge in [-0.1, -0.05) is 128 Å². The van der Waals surface area contributed by atoms with Crippen molar-refractivity contribution in [1.29, 1.82) is 0 Å². The summed E-state index contributed by atoms with van der Waals surface area (Å²) in [5.41, 5.74) is 12.1. The van der Waals surface area contributed by atoms with E-state index >= 15 is 0 Å². The number of hydrogen-bond donors (Lipinski definition) is 1. The smallest absolute Gasteiger partial charge is 0.171 e. The molecule has 4 aromatic heterocycles. The lowest BCUT2D eigenvalue weighted by Gasteiger charge is -2.44. The van der Waals surface area contributed by atoms with E-state index in [9.17, 15) is 9.90 Å². The number of likely N-dealkylation sites (tertiary alicyclic amines) is 2. The number of hydrogen-bond acceptors (Lipinski definition) is 8. The number of carbonyl (C=O) groups excluding carboxylic acids is 1. The molecule has 0 saturated carbocycles. The molecule has 2 aliphatic rings. The van der Waals surface area contributed by atoms with Gasteiger partial charge < -0.3 is 23.0 Å². The molecule has 10 nitrogen and oxygen atoms in total. The molecule has 6 aromatic rings. The molecule has 0 spiro atoms. The fourth-order valence-electron chi connectivity index (χ4n) is 15.1. The molecule has 13 heteroatoms. The van der Waals surface area contributed by atoms with Crippen LogP contribution in [-0.4, -0.2) is 103 Å². The highest BCUT2D eigenvalue weighted by Crippen LogP contribution is 2.47. The first-order chi connectivity index (χ1) is 37.4. The number of fused-ring (bicyclic) bond motifs is 2. The van der Waals surface area contributed by atoms with Crippen molar-refractivity contribution in [3.05, 3.63) is 119 Å². The number of benzene rings is 2. The Morgan fingerprint density at radius 1 is 0.641 bits per heavy atom. The van der Waals surface area contributed by atoms with Crippen molar-refractivity contribution in [3.8, 4) is 11.5 Å². The maximum Gasteiger partial charge on any atom is 0.171 e. The van der Waals surface area contributed by atoms with E-state index in [4.69, 9.17) is 20.8 Å². The zero-order chi connectivity index (χ0) is 58.3. The van der Waals surface area contributed by atoms with Gasteiger partial charge in [-0.3, -0.25) is 14.6 Å². The predicted molar refractivity (Wildman–Crippen MR) is 338 cm³/mol. The van der Waals surface area contributed by atoms with E-state index in [1.165, 1.54) is 11.1 Å². The summed E-state index contributed by atoms with van der Waals surface area (Å²) in [6.07, 6.45) is 10.1. The molecule has 6 heterocycles. The number of piperidine rings is 2. The SMILES string of the molecule is COc1ccc(CN2CC[C@H](C)C(C(=O)c3c(C)cnc4c3ccn4[Si](C(C)C)(C(C)C)C(C)C)C2)cc1.COc1ccc(CN2CC[C@H](C)C([C@H](O)c3c(C)cnc4c3ccn4[Si](C(C)C)(C(C)C)C(C)C)C2)cc1.[2H]CP. The van der Waals surface area contributed by atoms with Crippen LogP contribution >= 0.6 is 9.24 Å². The van der Waals surface area contributed by atoms with Crippen molar-refractivity contribution >= 4 is 53.6 Å². The third-order valence-electron chi connectivity index (χ3n) is 18.8. The second-order valence-corrected chi connectivity index (χ2v) is 36.4. The van der Waals surface area contributed by atoms with Gasteiger partial charge in [0.15, 0.2) is 22.3 Å². The number of rotatable bonds is 18. The van der Waals surface area contributed by atoms with Gasteiger partial charge in [0.2, 0.25) is 0 Å². The summed E-state index contributed by atoms with van der Waals surface area (Å²) in [4.78, 5) is 29.2. The van der Waals surface area contributed by atoms with E-state index in [2.05, 4.69) is 187 Å². The molecule has 8 rings (SSSR count). The molecule has 428 valence electrons. The van der Waals surface area contributed by atoms with E-state index in [0.29, 0.717) is 51.7 Å². The Morgan fingerprint density at radius 3 is 1.47 bits per heavy atom. The first kappa shape index (κ1) is 61.5. The van der Waals surface area contributed by atoms with E-state index < -0.39 is 22.6 Å². The van der Waals surface area contributed by atoms with Crippen LogP contribution in [0.15, 0.2) is 85.5 Å². The zero-order valence-electron chi connectivity index (χ0n) is 52.2. The highest BCUT2D eigenvalue weighted by Gasteiger charge is 2.48. The lowest BCUT2D eigenvalue weighted by Crippen LogP contribution is -2.51. The van der Waals surface area contributed by atoms with Crippen LogP contribution in [0.1, 0.15) is 155 Å². The molecule has 2 saturated heterocycles. The Morgan fingerprint density at radius 2 is 1.04 bits per heavy atom. The molecule has 0 radical (unpaired) electrons. The molecular formula is C65H101N6O4PSi2. The number of aliphatic hydroxyl groups is 1. The summed E-state index contributed by atoms with van der Waals surface area (Å²) in [7, 11) is 1.71. The molecular weight excluding hydrogens is 1020 g/mol. The lowest BCUT2D eigenvalue weighted by atomic mass is 9.79. The van der Waals surface area contributed by atoms with Gasteiger partial charge in [0.05, 0.1) is 20.3 Å². The summed E-state index contributed by atoms with van der Waals surface area (Å²) in [5.74, 6) is 3.02. The van der Waals surface area contributed by atoms with Crippen molar-refractivity contribution in [1.82, 2.24) is 28.2 Å². The maximum absolute atomic E-state index is 14.3. The number of methoxy groups -OCH3 is 2. The van der Waals surface area contributed by atoms with Gasteiger partial charge in [0.1, 0.15) is 22.8 Å². The standard InChI is InChI=1S/C32H49N3O2Si.C32H47N3O2Si.CH5P/c2*1-21(2)38(22(3)4,23(5)6)35-17-15-28-30(25(8)18-33-32(28)35)31(36)29-20-34(16-14-24(29)7)19-26-10-12-27(37-9)13-11-26;1-2/h10-13,15,17-18,21-24,29,31,36H,14,16,19-20H2,1-9H3;10-13,15,17-18,21-24,29H,14,16,19-20H2,1-9H3;2H2,1H3/t24-,29?,31-;24-,29?;/m00./s1/i;;1D. The van der Waals surface area contributed by atoms with Gasteiger partial charge in [-0.2, -0.15) is 0 Å². The van der Waals surface area contributed by atoms with E-state index in [-0.39, 0.29) is 17.6 Å². The Kier molecular flexibility index (Phi) is 21.3. The van der Waals surface area contributed by atoms with Gasteiger partial charge in [-0.05, 0) is 161 Å². The van der Waals surface area contributed by atoms with Crippen molar-refractivity contribution in [3.63, 3.8) is 0 Å². The number of nitrogens with zero attached hydrogens (tertiary/aromatic N) is 6. The second kappa shape index (κ2) is 27.1. The van der Waals surface area contributed by atoms with Crippen LogP contribution in [0, 0.1) is 37.5 Å². The second-order valence-electron chi connectivity index (χ2n) is 25.0. The van der Waals surface area contributed by atoms with Gasteiger partial charge in [-0.25, -0.2) is 9.97 Å². The predicted octanol–water partition coefficient (Wildman–Crippen LogP) is 15.8. The third kappa shape index (κ3) is 12.5. The van der Waals surface area contributed by atoms with Crippen molar-refractivity contribution < 1.29 is 20.7 Å². The van der Waals surface area contributed by atoms with Crippen LogP contribution in [0.3, 0.4) is 0 Å². The molecule has 2 aliphatic heterocycles. The maximum atomic E-state index is 14.3. The van der Waals surface area contributed by atoms with Crippen molar-refractivity contribution in [2.24, 2.45) is 23.7 Å². The molecule has 1 N–H and O–H groups in total.